The van der Waals surface area contributed by atoms with Gasteiger partial charge in [0.2, 0.25) is 0 Å². The molecule has 0 aliphatic heterocycles. The van der Waals surface area contributed by atoms with Gasteiger partial charge in [-0.05, 0) is 42.3 Å². The summed E-state index contributed by atoms with van der Waals surface area (Å²) in [5.41, 5.74) is 7.38. The average Bonchev–Trinajstić information content (AvgIpc) is 3.17. The molecule has 4 rings (SSSR count). The van der Waals surface area contributed by atoms with Crippen LogP contribution < -0.4 is 5.43 Å². The van der Waals surface area contributed by atoms with E-state index in [1.54, 1.807) is 12.1 Å². The average molecular weight is 460 g/mol. The summed E-state index contributed by atoms with van der Waals surface area (Å²) in [5, 5.41) is 15.4. The van der Waals surface area contributed by atoms with Gasteiger partial charge in [0.15, 0.2) is 5.16 Å². The van der Waals surface area contributed by atoms with Crippen molar-refractivity contribution < 1.29 is 9.72 Å². The molecule has 9 heteroatoms. The van der Waals surface area contributed by atoms with Crippen LogP contribution in [0.4, 0.5) is 5.69 Å². The minimum absolute atomic E-state index is 0.00103. The zero-order chi connectivity index (χ0) is 23.2. The molecule has 0 unspecified atom stereocenters. The predicted octanol–water partition coefficient (Wildman–Crippen LogP) is 4.54. The number of carbonyl (C=O) groups is 1. The summed E-state index contributed by atoms with van der Waals surface area (Å²) in [4.78, 5) is 27.2. The fourth-order valence-electron chi connectivity index (χ4n) is 3.22. The molecule has 8 nitrogen and oxygen atoms in total. The highest BCUT2D eigenvalue weighted by Gasteiger charge is 2.13. The summed E-state index contributed by atoms with van der Waals surface area (Å²) in [6, 6.07) is 22.2. The third kappa shape index (κ3) is 5.64. The van der Waals surface area contributed by atoms with Gasteiger partial charge < -0.3 is 4.57 Å². The van der Waals surface area contributed by atoms with Crippen molar-refractivity contribution in [2.45, 2.75) is 18.6 Å². The summed E-state index contributed by atoms with van der Waals surface area (Å²) in [6.07, 6.45) is 1.44. The van der Waals surface area contributed by atoms with Gasteiger partial charge in [0.05, 0.1) is 34.5 Å². The molecule has 0 radical (unpaired) electrons. The third-order valence-corrected chi connectivity index (χ3v) is 5.90. The van der Waals surface area contributed by atoms with Crippen LogP contribution in [0.2, 0.25) is 0 Å². The Labute approximate surface area is 194 Å². The molecule has 1 aromatic heterocycles. The van der Waals surface area contributed by atoms with Crippen LogP contribution in [0.25, 0.3) is 11.0 Å². The number of hydrogen-bond donors (Lipinski definition) is 1. The van der Waals surface area contributed by atoms with E-state index >= 15 is 0 Å². The Morgan fingerprint density at radius 3 is 2.58 bits per heavy atom. The first kappa shape index (κ1) is 22.2. The van der Waals surface area contributed by atoms with Crippen molar-refractivity contribution in [3.05, 3.63) is 99.6 Å². The molecule has 0 saturated carbocycles. The second-order valence-electron chi connectivity index (χ2n) is 7.39. The number of hydrogen-bond acceptors (Lipinski definition) is 6. The number of aromatic nitrogens is 2. The number of hydrazone groups is 1. The number of aryl methyl sites for hydroxylation is 1. The fraction of sp³-hybridized carbons (Fsp3) is 0.125. The van der Waals surface area contributed by atoms with E-state index in [-0.39, 0.29) is 17.3 Å². The topological polar surface area (TPSA) is 102 Å². The quantitative estimate of drug-likeness (QED) is 0.180. The summed E-state index contributed by atoms with van der Waals surface area (Å²) in [5.74, 6) is -0.124. The highest BCUT2D eigenvalue weighted by molar-refractivity contribution is 7.99. The van der Waals surface area contributed by atoms with Gasteiger partial charge in [-0.15, -0.1) is 0 Å². The minimum Gasteiger partial charge on any atom is -0.314 e. The predicted molar refractivity (Wildman–Crippen MR) is 130 cm³/mol. The molecule has 166 valence electrons. The molecule has 1 N–H and O–H groups in total. The number of fused-ring (bicyclic) bond motifs is 1. The number of carbonyl (C=O) groups excluding carboxylic acids is 1. The molecular formula is C24H21N5O3S. The van der Waals surface area contributed by atoms with Gasteiger partial charge in [-0.25, -0.2) is 10.4 Å². The van der Waals surface area contributed by atoms with E-state index in [2.05, 4.69) is 46.3 Å². The molecule has 0 spiro atoms. The van der Waals surface area contributed by atoms with Crippen molar-refractivity contribution >= 4 is 40.6 Å². The van der Waals surface area contributed by atoms with E-state index in [1.165, 1.54) is 35.7 Å². The first-order valence-electron chi connectivity index (χ1n) is 10.2. The monoisotopic (exact) mass is 459 g/mol. The Hall–Kier alpha value is -3.98. The number of nitrogens with zero attached hydrogens (tertiary/aromatic N) is 4. The molecule has 0 aliphatic rings. The van der Waals surface area contributed by atoms with Crippen LogP contribution >= 0.6 is 11.8 Å². The summed E-state index contributed by atoms with van der Waals surface area (Å²) in [7, 11) is 0. The maximum Gasteiger partial charge on any atom is 0.269 e. The maximum atomic E-state index is 12.3. The number of nitro benzene ring substituents is 1. The summed E-state index contributed by atoms with van der Waals surface area (Å²) < 4.78 is 2.11. The van der Waals surface area contributed by atoms with Crippen LogP contribution in [-0.4, -0.2) is 32.3 Å². The van der Waals surface area contributed by atoms with Crippen LogP contribution in [0.3, 0.4) is 0 Å². The summed E-state index contributed by atoms with van der Waals surface area (Å²) in [6.45, 7) is 2.71. The van der Waals surface area contributed by atoms with Gasteiger partial charge >= 0.3 is 0 Å². The molecule has 0 fully saturated rings. The van der Waals surface area contributed by atoms with E-state index in [0.29, 0.717) is 12.1 Å². The number of non-ortho nitro benzene ring substituents is 1. The van der Waals surface area contributed by atoms with Gasteiger partial charge in [0.25, 0.3) is 11.6 Å². The van der Waals surface area contributed by atoms with E-state index in [4.69, 9.17) is 4.98 Å². The molecular weight excluding hydrogens is 438 g/mol. The zero-order valence-corrected chi connectivity index (χ0v) is 18.7. The smallest absolute Gasteiger partial charge is 0.269 e. The zero-order valence-electron chi connectivity index (χ0n) is 17.8. The van der Waals surface area contributed by atoms with Gasteiger partial charge in [0.1, 0.15) is 0 Å². The first-order valence-corrected chi connectivity index (χ1v) is 11.2. The van der Waals surface area contributed by atoms with Crippen LogP contribution in [0.15, 0.2) is 83.1 Å². The Morgan fingerprint density at radius 2 is 1.85 bits per heavy atom. The van der Waals surface area contributed by atoms with E-state index in [1.807, 2.05) is 24.3 Å². The van der Waals surface area contributed by atoms with Crippen molar-refractivity contribution in [1.82, 2.24) is 15.0 Å². The highest BCUT2D eigenvalue weighted by Crippen LogP contribution is 2.25. The van der Waals surface area contributed by atoms with Gasteiger partial charge in [-0.3, -0.25) is 14.9 Å². The molecule has 0 saturated heterocycles. The number of amides is 1. The van der Waals surface area contributed by atoms with Crippen molar-refractivity contribution in [2.75, 3.05) is 5.75 Å². The van der Waals surface area contributed by atoms with Crippen molar-refractivity contribution in [3.63, 3.8) is 0 Å². The Bertz CT molecular complexity index is 1310. The highest BCUT2D eigenvalue weighted by atomic mass is 32.2. The van der Waals surface area contributed by atoms with E-state index < -0.39 is 4.92 Å². The molecule has 3 aromatic carbocycles. The Morgan fingerprint density at radius 1 is 1.12 bits per heavy atom. The normalized spacial score (nSPS) is 11.2. The molecule has 0 bridgehead atoms. The largest absolute Gasteiger partial charge is 0.314 e. The Kier molecular flexibility index (Phi) is 6.80. The van der Waals surface area contributed by atoms with Crippen LogP contribution in [0.1, 0.15) is 16.7 Å². The fourth-order valence-corrected chi connectivity index (χ4v) is 4.02. The van der Waals surface area contributed by atoms with Crippen LogP contribution in [-0.2, 0) is 11.3 Å². The van der Waals surface area contributed by atoms with Gasteiger partial charge in [-0.2, -0.15) is 5.10 Å². The number of rotatable bonds is 8. The number of nitro groups is 1. The number of nitrogens with one attached hydrogen (secondary N) is 1. The number of benzene rings is 3. The Balaban J connectivity index is 1.41. The van der Waals surface area contributed by atoms with Crippen molar-refractivity contribution in [1.29, 1.82) is 0 Å². The lowest BCUT2D eigenvalue weighted by Gasteiger charge is -2.09. The van der Waals surface area contributed by atoms with Crippen LogP contribution in [0.5, 0.6) is 0 Å². The maximum absolute atomic E-state index is 12.3. The van der Waals surface area contributed by atoms with Crippen molar-refractivity contribution in [2.24, 2.45) is 5.10 Å². The SMILES string of the molecule is Cc1ccc(Cn2c(SCC(=O)NN=Cc3ccc([N+](=O)[O-])cc3)nc3ccccc32)cc1. The van der Waals surface area contributed by atoms with Crippen molar-refractivity contribution in [3.8, 4) is 0 Å². The minimum atomic E-state index is -0.466. The lowest BCUT2D eigenvalue weighted by Crippen LogP contribution is -2.20. The van der Waals surface area contributed by atoms with Gasteiger partial charge in [0, 0.05) is 12.1 Å². The number of thioether (sulfide) groups is 1. The standard InChI is InChI=1S/C24H21N5O3S/c1-17-6-8-19(9-7-17)15-28-22-5-3-2-4-21(22)26-24(28)33-16-23(30)27-25-14-18-10-12-20(13-11-18)29(31)32/h2-14H,15-16H2,1H3,(H,27,30). The molecule has 4 aromatic rings. The second kappa shape index (κ2) is 10.1. The van der Waals surface area contributed by atoms with Gasteiger partial charge in [-0.1, -0.05) is 53.7 Å². The first-order chi connectivity index (χ1) is 16.0. The molecule has 0 aliphatic carbocycles. The number of imidazole rings is 1. The lowest BCUT2D eigenvalue weighted by atomic mass is 10.1. The molecule has 0 atom stereocenters. The second-order valence-corrected chi connectivity index (χ2v) is 8.33. The van der Waals surface area contributed by atoms with E-state index in [0.717, 1.165) is 21.8 Å². The summed E-state index contributed by atoms with van der Waals surface area (Å²) >= 11 is 1.35. The third-order valence-electron chi connectivity index (χ3n) is 4.92. The lowest BCUT2D eigenvalue weighted by molar-refractivity contribution is -0.384. The molecule has 1 amide bonds. The number of para-hydroxylation sites is 2. The molecule has 1 heterocycles. The van der Waals surface area contributed by atoms with Crippen LogP contribution in [0, 0.1) is 17.0 Å². The molecule has 33 heavy (non-hydrogen) atoms. The van der Waals surface area contributed by atoms with E-state index in [9.17, 15) is 14.9 Å².